The van der Waals surface area contributed by atoms with Gasteiger partial charge in [0.1, 0.15) is 6.33 Å². The molecule has 4 rings (SSSR count). The number of nitrogens with one attached hydrogen (secondary N) is 1. The maximum absolute atomic E-state index is 4.30. The monoisotopic (exact) mass is 318 g/mol. The molecule has 0 bridgehead atoms. The van der Waals surface area contributed by atoms with Crippen molar-refractivity contribution in [1.29, 1.82) is 0 Å². The van der Waals surface area contributed by atoms with Crippen LogP contribution in [-0.4, -0.2) is 14.8 Å². The second-order valence-corrected chi connectivity index (χ2v) is 6.69. The Labute approximate surface area is 142 Å². The van der Waals surface area contributed by atoms with Gasteiger partial charge in [-0.2, -0.15) is 0 Å². The van der Waals surface area contributed by atoms with Gasteiger partial charge in [-0.25, -0.2) is 0 Å². The van der Waals surface area contributed by atoms with E-state index in [1.807, 2.05) is 22.8 Å². The van der Waals surface area contributed by atoms with Crippen LogP contribution in [0.2, 0.25) is 0 Å². The molecule has 0 fully saturated rings. The lowest BCUT2D eigenvalue weighted by atomic mass is 10.0. The molecule has 1 aliphatic carbocycles. The maximum atomic E-state index is 4.30. The van der Waals surface area contributed by atoms with Gasteiger partial charge in [-0.15, -0.1) is 10.2 Å². The summed E-state index contributed by atoms with van der Waals surface area (Å²) in [5.74, 6) is 1.53. The van der Waals surface area contributed by atoms with Crippen molar-refractivity contribution in [3.8, 4) is 5.69 Å². The molecule has 1 N–H and O–H groups in total. The van der Waals surface area contributed by atoms with Crippen LogP contribution < -0.4 is 5.32 Å². The number of aromatic nitrogens is 3. The molecule has 0 aliphatic heterocycles. The van der Waals surface area contributed by atoms with E-state index >= 15 is 0 Å². The summed E-state index contributed by atoms with van der Waals surface area (Å²) in [7, 11) is 0. The van der Waals surface area contributed by atoms with Gasteiger partial charge in [0.2, 0.25) is 0 Å². The van der Waals surface area contributed by atoms with Crippen LogP contribution in [0, 0.1) is 12.8 Å². The lowest BCUT2D eigenvalue weighted by molar-refractivity contribution is 0.409. The summed E-state index contributed by atoms with van der Waals surface area (Å²) in [5, 5.41) is 12.1. The fraction of sp³-hybridized carbons (Fsp3) is 0.300. The molecular formula is C20H22N4. The van der Waals surface area contributed by atoms with Crippen molar-refractivity contribution in [2.75, 3.05) is 0 Å². The molecule has 0 radical (unpaired) electrons. The van der Waals surface area contributed by atoms with Crippen LogP contribution >= 0.6 is 0 Å². The third kappa shape index (κ3) is 2.74. The second kappa shape index (κ2) is 6.21. The summed E-state index contributed by atoms with van der Waals surface area (Å²) in [5.41, 5.74) is 5.32. The van der Waals surface area contributed by atoms with E-state index in [9.17, 15) is 0 Å². The minimum Gasteiger partial charge on any atom is -0.303 e. The maximum Gasteiger partial charge on any atom is 0.151 e. The van der Waals surface area contributed by atoms with Crippen molar-refractivity contribution in [1.82, 2.24) is 20.1 Å². The first kappa shape index (κ1) is 15.1. The molecule has 0 saturated carbocycles. The van der Waals surface area contributed by atoms with Gasteiger partial charge in [-0.1, -0.05) is 48.9 Å². The van der Waals surface area contributed by atoms with Crippen LogP contribution in [0.3, 0.4) is 0 Å². The summed E-state index contributed by atoms with van der Waals surface area (Å²) >= 11 is 0. The summed E-state index contributed by atoms with van der Waals surface area (Å²) in [6.45, 7) is 5.18. The van der Waals surface area contributed by atoms with Gasteiger partial charge in [0.25, 0.3) is 0 Å². The standard InChI is InChI=1S/C20H22N4/c1-14-8-9-16-11-15(2)20(18(16)10-14)21-12-19-23-22-13-24(19)17-6-4-3-5-7-17/h3-10,13,15,20-21H,11-12H2,1-2H3. The Balaban J connectivity index is 1.55. The van der Waals surface area contributed by atoms with Crippen LogP contribution in [0.25, 0.3) is 5.69 Å². The summed E-state index contributed by atoms with van der Waals surface area (Å²) < 4.78 is 2.05. The van der Waals surface area contributed by atoms with Crippen molar-refractivity contribution >= 4 is 0 Å². The third-order valence-electron chi connectivity index (χ3n) is 4.88. The minimum atomic E-state index is 0.376. The van der Waals surface area contributed by atoms with Crippen LogP contribution in [0.15, 0.2) is 54.9 Å². The predicted octanol–water partition coefficient (Wildman–Crippen LogP) is 3.60. The molecule has 0 amide bonds. The van der Waals surface area contributed by atoms with Crippen LogP contribution in [0.1, 0.15) is 35.5 Å². The van der Waals surface area contributed by atoms with Gasteiger partial charge in [-0.3, -0.25) is 4.57 Å². The first-order valence-electron chi connectivity index (χ1n) is 8.49. The molecule has 1 aromatic heterocycles. The van der Waals surface area contributed by atoms with Crippen LogP contribution in [0.5, 0.6) is 0 Å². The fourth-order valence-electron chi connectivity index (χ4n) is 3.66. The minimum absolute atomic E-state index is 0.376. The quantitative estimate of drug-likeness (QED) is 0.799. The molecule has 1 aliphatic rings. The Kier molecular flexibility index (Phi) is 3.90. The first-order valence-corrected chi connectivity index (χ1v) is 8.49. The molecule has 2 aromatic carbocycles. The molecule has 2 unspecified atom stereocenters. The highest BCUT2D eigenvalue weighted by Gasteiger charge is 2.29. The Morgan fingerprint density at radius 3 is 2.83 bits per heavy atom. The smallest absolute Gasteiger partial charge is 0.151 e. The molecule has 4 heteroatoms. The van der Waals surface area contributed by atoms with Gasteiger partial charge in [0, 0.05) is 11.7 Å². The normalized spacial score (nSPS) is 19.4. The highest BCUT2D eigenvalue weighted by molar-refractivity contribution is 5.38. The Morgan fingerprint density at radius 1 is 1.17 bits per heavy atom. The van der Waals surface area contributed by atoms with E-state index in [2.05, 4.69) is 59.7 Å². The zero-order chi connectivity index (χ0) is 16.5. The molecule has 122 valence electrons. The summed E-state index contributed by atoms with van der Waals surface area (Å²) in [6.07, 6.45) is 2.92. The molecule has 0 saturated heterocycles. The van der Waals surface area contributed by atoms with E-state index < -0.39 is 0 Å². The molecule has 2 atom stereocenters. The number of rotatable bonds is 4. The number of fused-ring (bicyclic) bond motifs is 1. The van der Waals surface area contributed by atoms with E-state index in [-0.39, 0.29) is 0 Å². The van der Waals surface area contributed by atoms with Crippen molar-refractivity contribution in [3.05, 3.63) is 77.4 Å². The van der Waals surface area contributed by atoms with Gasteiger partial charge in [0.15, 0.2) is 5.82 Å². The molecule has 4 nitrogen and oxygen atoms in total. The molecular weight excluding hydrogens is 296 g/mol. The first-order chi connectivity index (χ1) is 11.7. The number of nitrogens with zero attached hydrogens (tertiary/aromatic N) is 3. The number of para-hydroxylation sites is 1. The van der Waals surface area contributed by atoms with Crippen molar-refractivity contribution in [3.63, 3.8) is 0 Å². The fourth-order valence-corrected chi connectivity index (χ4v) is 3.66. The average molecular weight is 318 g/mol. The SMILES string of the molecule is Cc1ccc2c(c1)C(NCc1nncn1-c1ccccc1)C(C)C2. The Bertz CT molecular complexity index is 838. The number of benzene rings is 2. The van der Waals surface area contributed by atoms with Crippen LogP contribution in [-0.2, 0) is 13.0 Å². The average Bonchev–Trinajstić information content (AvgIpc) is 3.17. The van der Waals surface area contributed by atoms with Gasteiger partial charge in [-0.05, 0) is 42.5 Å². The Hall–Kier alpha value is -2.46. The molecule has 3 aromatic rings. The highest BCUT2D eigenvalue weighted by atomic mass is 15.3. The largest absolute Gasteiger partial charge is 0.303 e. The molecule has 0 spiro atoms. The van der Waals surface area contributed by atoms with E-state index in [1.165, 1.54) is 16.7 Å². The summed E-state index contributed by atoms with van der Waals surface area (Å²) in [6, 6.07) is 17.4. The second-order valence-electron chi connectivity index (χ2n) is 6.69. The van der Waals surface area contributed by atoms with Crippen molar-refractivity contribution < 1.29 is 0 Å². The number of hydrogen-bond donors (Lipinski definition) is 1. The molecule has 24 heavy (non-hydrogen) atoms. The Morgan fingerprint density at radius 2 is 2.00 bits per heavy atom. The third-order valence-corrected chi connectivity index (χ3v) is 4.88. The number of hydrogen-bond acceptors (Lipinski definition) is 3. The van der Waals surface area contributed by atoms with Gasteiger partial charge >= 0.3 is 0 Å². The van der Waals surface area contributed by atoms with E-state index in [1.54, 1.807) is 6.33 Å². The number of aryl methyl sites for hydroxylation is 1. The van der Waals surface area contributed by atoms with Crippen molar-refractivity contribution in [2.45, 2.75) is 32.9 Å². The zero-order valence-corrected chi connectivity index (χ0v) is 14.1. The summed E-state index contributed by atoms with van der Waals surface area (Å²) in [4.78, 5) is 0. The van der Waals surface area contributed by atoms with Crippen molar-refractivity contribution in [2.24, 2.45) is 5.92 Å². The molecule has 1 heterocycles. The van der Waals surface area contributed by atoms with Gasteiger partial charge < -0.3 is 5.32 Å². The zero-order valence-electron chi connectivity index (χ0n) is 14.1. The topological polar surface area (TPSA) is 42.7 Å². The van der Waals surface area contributed by atoms with Crippen LogP contribution in [0.4, 0.5) is 0 Å². The van der Waals surface area contributed by atoms with E-state index in [0.29, 0.717) is 18.5 Å². The van der Waals surface area contributed by atoms with E-state index in [0.717, 1.165) is 17.9 Å². The van der Waals surface area contributed by atoms with E-state index in [4.69, 9.17) is 0 Å². The lowest BCUT2D eigenvalue weighted by Crippen LogP contribution is -2.25. The lowest BCUT2D eigenvalue weighted by Gasteiger charge is -2.19. The van der Waals surface area contributed by atoms with Gasteiger partial charge in [0.05, 0.1) is 6.54 Å². The predicted molar refractivity (Wildman–Crippen MR) is 95.0 cm³/mol. The highest BCUT2D eigenvalue weighted by Crippen LogP contribution is 2.36.